The maximum Gasteiger partial charge on any atom is 0.123 e. The van der Waals surface area contributed by atoms with Gasteiger partial charge in [0.15, 0.2) is 0 Å². The summed E-state index contributed by atoms with van der Waals surface area (Å²) in [7, 11) is 0. The summed E-state index contributed by atoms with van der Waals surface area (Å²) in [5, 5.41) is 3.40. The highest BCUT2D eigenvalue weighted by Crippen LogP contribution is 2.19. The summed E-state index contributed by atoms with van der Waals surface area (Å²) in [5.41, 5.74) is 3.40. The van der Waals surface area contributed by atoms with Crippen LogP contribution < -0.4 is 5.32 Å². The van der Waals surface area contributed by atoms with E-state index >= 15 is 0 Å². The number of nitrogens with one attached hydrogen (secondary N) is 1. The van der Waals surface area contributed by atoms with E-state index in [4.69, 9.17) is 0 Å². The van der Waals surface area contributed by atoms with Crippen LogP contribution in [0.25, 0.3) is 0 Å². The molecular weight excluding hydrogens is 305 g/mol. The molecule has 0 unspecified atom stereocenters. The third-order valence-electron chi connectivity index (χ3n) is 3.20. The Morgan fingerprint density at radius 1 is 1.21 bits per heavy atom. The minimum absolute atomic E-state index is 0.121. The van der Waals surface area contributed by atoms with Crippen LogP contribution >= 0.6 is 15.9 Å². The van der Waals surface area contributed by atoms with Gasteiger partial charge in [-0.25, -0.2) is 4.39 Å². The van der Waals surface area contributed by atoms with Gasteiger partial charge >= 0.3 is 0 Å². The van der Waals surface area contributed by atoms with Crippen LogP contribution in [-0.2, 0) is 6.54 Å². The molecule has 0 saturated heterocycles. The van der Waals surface area contributed by atoms with Crippen molar-refractivity contribution in [3.05, 3.63) is 69.4 Å². The molecule has 0 fully saturated rings. The minimum Gasteiger partial charge on any atom is -0.306 e. The fourth-order valence-corrected chi connectivity index (χ4v) is 2.34. The quantitative estimate of drug-likeness (QED) is 0.857. The van der Waals surface area contributed by atoms with Crippen LogP contribution in [-0.4, -0.2) is 0 Å². The molecule has 2 aromatic carbocycles. The molecule has 3 heteroatoms. The molecule has 0 aromatic heterocycles. The van der Waals surface area contributed by atoms with E-state index in [1.165, 1.54) is 17.2 Å². The molecule has 0 radical (unpaired) electrons. The topological polar surface area (TPSA) is 12.0 Å². The number of rotatable bonds is 4. The molecule has 2 aromatic rings. The first kappa shape index (κ1) is 14.2. The molecule has 0 amide bonds. The second-order valence-electron chi connectivity index (χ2n) is 4.74. The number of hydrogen-bond acceptors (Lipinski definition) is 1. The van der Waals surface area contributed by atoms with Crippen molar-refractivity contribution in [1.82, 2.24) is 5.32 Å². The Hall–Kier alpha value is -1.19. The van der Waals surface area contributed by atoms with Gasteiger partial charge in [0.1, 0.15) is 5.82 Å². The van der Waals surface area contributed by atoms with Gasteiger partial charge in [-0.3, -0.25) is 0 Å². The Morgan fingerprint density at radius 3 is 2.68 bits per heavy atom. The fourth-order valence-electron chi connectivity index (χ4n) is 1.91. The lowest BCUT2D eigenvalue weighted by Gasteiger charge is -2.15. The average Bonchev–Trinajstić information content (AvgIpc) is 2.40. The molecule has 0 aliphatic carbocycles. The van der Waals surface area contributed by atoms with Crippen molar-refractivity contribution < 1.29 is 4.39 Å². The lowest BCUT2D eigenvalue weighted by Crippen LogP contribution is -2.18. The first-order valence-corrected chi connectivity index (χ1v) is 7.09. The Morgan fingerprint density at radius 2 is 2.00 bits per heavy atom. The summed E-state index contributed by atoms with van der Waals surface area (Å²) in [6.45, 7) is 4.87. The summed E-state index contributed by atoms with van der Waals surface area (Å²) in [6.07, 6.45) is 0. The second kappa shape index (κ2) is 6.31. The largest absolute Gasteiger partial charge is 0.306 e. The van der Waals surface area contributed by atoms with Crippen molar-refractivity contribution in [3.8, 4) is 0 Å². The molecule has 19 heavy (non-hydrogen) atoms. The van der Waals surface area contributed by atoms with E-state index in [1.54, 1.807) is 12.1 Å². The summed E-state index contributed by atoms with van der Waals surface area (Å²) in [6, 6.07) is 13.1. The van der Waals surface area contributed by atoms with E-state index in [0.29, 0.717) is 0 Å². The Bertz CT molecular complexity index is 568. The summed E-state index contributed by atoms with van der Waals surface area (Å²) in [5.74, 6) is -0.191. The molecule has 1 atom stereocenters. The van der Waals surface area contributed by atoms with Gasteiger partial charge in [0, 0.05) is 17.1 Å². The third-order valence-corrected chi connectivity index (χ3v) is 4.05. The van der Waals surface area contributed by atoms with Gasteiger partial charge in [0.25, 0.3) is 0 Å². The zero-order chi connectivity index (χ0) is 13.8. The van der Waals surface area contributed by atoms with Crippen LogP contribution in [0.15, 0.2) is 46.9 Å². The van der Waals surface area contributed by atoms with Gasteiger partial charge in [-0.05, 0) is 48.7 Å². The van der Waals surface area contributed by atoms with Crippen molar-refractivity contribution in [2.24, 2.45) is 0 Å². The van der Waals surface area contributed by atoms with Crippen molar-refractivity contribution in [2.75, 3.05) is 0 Å². The van der Waals surface area contributed by atoms with E-state index in [0.717, 1.165) is 16.6 Å². The van der Waals surface area contributed by atoms with Crippen LogP contribution in [0.2, 0.25) is 0 Å². The van der Waals surface area contributed by atoms with Crippen molar-refractivity contribution in [1.29, 1.82) is 0 Å². The van der Waals surface area contributed by atoms with Crippen LogP contribution in [0.1, 0.15) is 29.7 Å². The van der Waals surface area contributed by atoms with Gasteiger partial charge in [-0.1, -0.05) is 40.2 Å². The minimum atomic E-state index is -0.191. The Balaban J connectivity index is 2.00. The van der Waals surface area contributed by atoms with E-state index in [1.807, 2.05) is 13.0 Å². The third kappa shape index (κ3) is 3.88. The average molecular weight is 322 g/mol. The molecule has 0 aliphatic rings. The van der Waals surface area contributed by atoms with Crippen molar-refractivity contribution >= 4 is 15.9 Å². The fraction of sp³-hybridized carbons (Fsp3) is 0.250. The molecule has 2 rings (SSSR count). The van der Waals surface area contributed by atoms with Crippen LogP contribution in [0, 0.1) is 12.7 Å². The predicted octanol–water partition coefficient (Wildman–Crippen LogP) is 4.75. The standard InChI is InChI=1S/C16H17BrFN/c1-11-6-7-13(8-16(11)17)10-19-12(2)14-4-3-5-15(18)9-14/h3-9,12,19H,10H2,1-2H3/t12-/m0/s1. The zero-order valence-electron chi connectivity index (χ0n) is 11.1. The van der Waals surface area contributed by atoms with Crippen LogP contribution in [0.5, 0.6) is 0 Å². The molecule has 0 heterocycles. The lowest BCUT2D eigenvalue weighted by atomic mass is 10.1. The van der Waals surface area contributed by atoms with E-state index in [9.17, 15) is 4.39 Å². The normalized spacial score (nSPS) is 12.4. The predicted molar refractivity (Wildman–Crippen MR) is 80.5 cm³/mol. The number of benzene rings is 2. The number of halogens is 2. The highest BCUT2D eigenvalue weighted by atomic mass is 79.9. The van der Waals surface area contributed by atoms with Gasteiger partial charge < -0.3 is 5.32 Å². The molecule has 0 spiro atoms. The molecule has 0 bridgehead atoms. The molecule has 100 valence electrons. The SMILES string of the molecule is Cc1ccc(CN[C@@H](C)c2cccc(F)c2)cc1Br. The first-order valence-electron chi connectivity index (χ1n) is 6.30. The summed E-state index contributed by atoms with van der Waals surface area (Å²) >= 11 is 3.53. The lowest BCUT2D eigenvalue weighted by molar-refractivity contribution is 0.565. The van der Waals surface area contributed by atoms with Gasteiger partial charge in [0.05, 0.1) is 0 Å². The molecule has 1 N–H and O–H groups in total. The van der Waals surface area contributed by atoms with Crippen LogP contribution in [0.4, 0.5) is 4.39 Å². The van der Waals surface area contributed by atoms with E-state index in [-0.39, 0.29) is 11.9 Å². The Labute approximate surface area is 122 Å². The van der Waals surface area contributed by atoms with Crippen molar-refractivity contribution in [2.45, 2.75) is 26.4 Å². The Kier molecular flexibility index (Phi) is 4.72. The maximum atomic E-state index is 13.2. The number of hydrogen-bond donors (Lipinski definition) is 1. The highest BCUT2D eigenvalue weighted by molar-refractivity contribution is 9.10. The highest BCUT2D eigenvalue weighted by Gasteiger charge is 2.06. The maximum absolute atomic E-state index is 13.2. The zero-order valence-corrected chi connectivity index (χ0v) is 12.7. The van der Waals surface area contributed by atoms with Gasteiger partial charge in [0.2, 0.25) is 0 Å². The van der Waals surface area contributed by atoms with E-state index in [2.05, 4.69) is 46.4 Å². The monoisotopic (exact) mass is 321 g/mol. The van der Waals surface area contributed by atoms with Crippen molar-refractivity contribution in [3.63, 3.8) is 0 Å². The first-order chi connectivity index (χ1) is 9.06. The summed E-state index contributed by atoms with van der Waals surface area (Å²) < 4.78 is 14.3. The molecule has 0 saturated carbocycles. The molecule has 0 aliphatic heterocycles. The number of aryl methyl sites for hydroxylation is 1. The molecular formula is C16H17BrFN. The molecule has 1 nitrogen and oxygen atoms in total. The second-order valence-corrected chi connectivity index (χ2v) is 5.60. The smallest absolute Gasteiger partial charge is 0.123 e. The van der Waals surface area contributed by atoms with Gasteiger partial charge in [-0.2, -0.15) is 0 Å². The van der Waals surface area contributed by atoms with Gasteiger partial charge in [-0.15, -0.1) is 0 Å². The van der Waals surface area contributed by atoms with E-state index < -0.39 is 0 Å². The van der Waals surface area contributed by atoms with Crippen LogP contribution in [0.3, 0.4) is 0 Å². The summed E-state index contributed by atoms with van der Waals surface area (Å²) in [4.78, 5) is 0.